The number of hydrogen-bond acceptors (Lipinski definition) is 5. The Morgan fingerprint density at radius 2 is 1.96 bits per heavy atom. The molecule has 0 saturated heterocycles. The number of benzene rings is 1. The molecule has 0 aliphatic heterocycles. The maximum Gasteiger partial charge on any atom is 0.315 e. The van der Waals surface area contributed by atoms with Gasteiger partial charge in [-0.25, -0.2) is 0 Å². The van der Waals surface area contributed by atoms with Crippen molar-refractivity contribution in [1.29, 1.82) is 0 Å². The van der Waals surface area contributed by atoms with E-state index in [1.807, 2.05) is 24.3 Å². The Balaban J connectivity index is 1.78. The van der Waals surface area contributed by atoms with Gasteiger partial charge in [0.1, 0.15) is 18.2 Å². The van der Waals surface area contributed by atoms with E-state index >= 15 is 0 Å². The van der Waals surface area contributed by atoms with Crippen molar-refractivity contribution in [3.8, 4) is 0 Å². The molecule has 26 heavy (non-hydrogen) atoms. The molecule has 0 radical (unpaired) electrons. The molecule has 2 aromatic rings. The molecule has 1 atom stereocenters. The molecule has 0 bridgehead atoms. The molecule has 0 amide bonds. The van der Waals surface area contributed by atoms with Crippen molar-refractivity contribution in [3.63, 3.8) is 0 Å². The lowest BCUT2D eigenvalue weighted by atomic mass is 9.78. The van der Waals surface area contributed by atoms with Gasteiger partial charge in [-0.05, 0) is 44.0 Å². The number of esters is 1. The van der Waals surface area contributed by atoms with Crippen LogP contribution in [-0.4, -0.2) is 42.3 Å². The molecule has 1 unspecified atom stereocenters. The average Bonchev–Trinajstić information content (AvgIpc) is 3.10. The summed E-state index contributed by atoms with van der Waals surface area (Å²) < 4.78 is 11.2. The fourth-order valence-electron chi connectivity index (χ4n) is 4.03. The SMILES string of the molecule is CCN(CC)CCOC(=O)C(c1noc2ccccc12)C1CCCCC1. The first-order valence-corrected chi connectivity index (χ1v) is 9.97. The fraction of sp³-hybridized carbons (Fsp3) is 0.619. The molecule has 5 nitrogen and oxygen atoms in total. The topological polar surface area (TPSA) is 55.6 Å². The van der Waals surface area contributed by atoms with E-state index in [0.29, 0.717) is 12.5 Å². The summed E-state index contributed by atoms with van der Waals surface area (Å²) in [6, 6.07) is 7.78. The number of likely N-dealkylation sites (N-methyl/N-ethyl adjacent to an activating group) is 1. The van der Waals surface area contributed by atoms with Crippen molar-refractivity contribution < 1.29 is 14.1 Å². The van der Waals surface area contributed by atoms with Gasteiger partial charge in [0, 0.05) is 11.9 Å². The first-order valence-electron chi connectivity index (χ1n) is 9.97. The second-order valence-electron chi connectivity index (χ2n) is 7.13. The van der Waals surface area contributed by atoms with Gasteiger partial charge < -0.3 is 14.2 Å². The lowest BCUT2D eigenvalue weighted by Crippen LogP contribution is -2.31. The van der Waals surface area contributed by atoms with Crippen LogP contribution in [0.4, 0.5) is 0 Å². The third kappa shape index (κ3) is 4.26. The molecule has 1 fully saturated rings. The molecule has 142 valence electrons. The fourth-order valence-corrected chi connectivity index (χ4v) is 4.03. The molecule has 5 heteroatoms. The van der Waals surface area contributed by atoms with E-state index in [2.05, 4.69) is 23.9 Å². The molecule has 1 heterocycles. The highest BCUT2D eigenvalue weighted by molar-refractivity contribution is 5.87. The van der Waals surface area contributed by atoms with Gasteiger partial charge in [-0.1, -0.05) is 50.4 Å². The minimum Gasteiger partial charge on any atom is -0.464 e. The smallest absolute Gasteiger partial charge is 0.315 e. The summed E-state index contributed by atoms with van der Waals surface area (Å²) in [5, 5.41) is 5.22. The summed E-state index contributed by atoms with van der Waals surface area (Å²) in [7, 11) is 0. The number of ether oxygens (including phenoxy) is 1. The molecule has 0 spiro atoms. The summed E-state index contributed by atoms with van der Waals surface area (Å²) in [6.07, 6.45) is 5.70. The van der Waals surface area contributed by atoms with E-state index in [4.69, 9.17) is 9.26 Å². The predicted molar refractivity (Wildman–Crippen MR) is 102 cm³/mol. The van der Waals surface area contributed by atoms with E-state index in [9.17, 15) is 4.79 Å². The molecule has 1 aliphatic rings. The highest BCUT2D eigenvalue weighted by Gasteiger charge is 2.35. The highest BCUT2D eigenvalue weighted by Crippen LogP contribution is 2.39. The van der Waals surface area contributed by atoms with Crippen molar-refractivity contribution in [2.45, 2.75) is 51.9 Å². The third-order valence-electron chi connectivity index (χ3n) is 5.62. The number of nitrogens with zero attached hydrogens (tertiary/aromatic N) is 2. The van der Waals surface area contributed by atoms with Crippen LogP contribution in [-0.2, 0) is 9.53 Å². The van der Waals surface area contributed by atoms with Crippen LogP contribution in [0.2, 0.25) is 0 Å². The van der Waals surface area contributed by atoms with Crippen LogP contribution in [0.5, 0.6) is 0 Å². The molecule has 1 aliphatic carbocycles. The molecule has 1 aromatic heterocycles. The maximum atomic E-state index is 13.0. The van der Waals surface area contributed by atoms with Gasteiger partial charge in [0.2, 0.25) is 0 Å². The molecule has 0 N–H and O–H groups in total. The number of para-hydroxylation sites is 1. The quantitative estimate of drug-likeness (QED) is 0.656. The molecule has 3 rings (SSSR count). The van der Waals surface area contributed by atoms with Gasteiger partial charge in [0.15, 0.2) is 5.58 Å². The molecular weight excluding hydrogens is 328 g/mol. The maximum absolute atomic E-state index is 13.0. The number of aromatic nitrogens is 1. The van der Waals surface area contributed by atoms with Gasteiger partial charge in [0.25, 0.3) is 0 Å². The van der Waals surface area contributed by atoms with Gasteiger partial charge >= 0.3 is 5.97 Å². The standard InChI is InChI=1S/C21H30N2O3/c1-3-23(4-2)14-15-25-21(24)19(16-10-6-5-7-11-16)20-17-12-8-9-13-18(17)26-22-20/h8-9,12-13,16,19H,3-7,10-11,14-15H2,1-2H3. The first-order chi connectivity index (χ1) is 12.7. The minimum atomic E-state index is -0.323. The van der Waals surface area contributed by atoms with Crippen LogP contribution in [0, 0.1) is 5.92 Å². The number of rotatable bonds is 8. The third-order valence-corrected chi connectivity index (χ3v) is 5.62. The zero-order valence-electron chi connectivity index (χ0n) is 15.9. The Kier molecular flexibility index (Phi) is 6.67. The second-order valence-corrected chi connectivity index (χ2v) is 7.13. The second kappa shape index (κ2) is 9.17. The highest BCUT2D eigenvalue weighted by atomic mass is 16.5. The number of carbonyl (C=O) groups is 1. The average molecular weight is 358 g/mol. The van der Waals surface area contributed by atoms with Crippen LogP contribution >= 0.6 is 0 Å². The minimum absolute atomic E-state index is 0.150. The van der Waals surface area contributed by atoms with Crippen LogP contribution < -0.4 is 0 Å². The van der Waals surface area contributed by atoms with Crippen LogP contribution in [0.3, 0.4) is 0 Å². The van der Waals surface area contributed by atoms with E-state index in [1.54, 1.807) is 0 Å². The predicted octanol–water partition coefficient (Wildman–Crippen LogP) is 4.38. The van der Waals surface area contributed by atoms with Gasteiger partial charge in [-0.3, -0.25) is 4.79 Å². The number of carbonyl (C=O) groups excluding carboxylic acids is 1. The van der Waals surface area contributed by atoms with E-state index in [1.165, 1.54) is 19.3 Å². The van der Waals surface area contributed by atoms with Crippen molar-refractivity contribution >= 4 is 16.9 Å². The Hall–Kier alpha value is -1.88. The van der Waals surface area contributed by atoms with Crippen molar-refractivity contribution in [3.05, 3.63) is 30.0 Å². The zero-order chi connectivity index (χ0) is 18.4. The molecule has 1 aromatic carbocycles. The summed E-state index contributed by atoms with van der Waals surface area (Å²) in [4.78, 5) is 15.3. The van der Waals surface area contributed by atoms with Crippen molar-refractivity contribution in [2.75, 3.05) is 26.2 Å². The van der Waals surface area contributed by atoms with Crippen LogP contribution in [0.15, 0.2) is 28.8 Å². The summed E-state index contributed by atoms with van der Waals surface area (Å²) in [6.45, 7) is 7.38. The molecular formula is C21H30N2O3. The van der Waals surface area contributed by atoms with Gasteiger partial charge in [-0.2, -0.15) is 0 Å². The summed E-state index contributed by atoms with van der Waals surface area (Å²) in [5.41, 5.74) is 1.49. The lowest BCUT2D eigenvalue weighted by Gasteiger charge is -2.28. The van der Waals surface area contributed by atoms with Crippen LogP contribution in [0.25, 0.3) is 11.0 Å². The van der Waals surface area contributed by atoms with E-state index in [-0.39, 0.29) is 11.9 Å². The van der Waals surface area contributed by atoms with Crippen molar-refractivity contribution in [2.24, 2.45) is 5.92 Å². The largest absolute Gasteiger partial charge is 0.464 e. The zero-order valence-corrected chi connectivity index (χ0v) is 15.9. The Labute approximate surface area is 155 Å². The summed E-state index contributed by atoms with van der Waals surface area (Å²) >= 11 is 0. The number of hydrogen-bond donors (Lipinski definition) is 0. The van der Waals surface area contributed by atoms with Crippen molar-refractivity contribution in [1.82, 2.24) is 10.1 Å². The van der Waals surface area contributed by atoms with Crippen LogP contribution in [0.1, 0.15) is 57.6 Å². The Morgan fingerprint density at radius 3 is 2.69 bits per heavy atom. The lowest BCUT2D eigenvalue weighted by molar-refractivity contribution is -0.147. The summed E-state index contributed by atoms with van der Waals surface area (Å²) in [5.74, 6) is -0.183. The van der Waals surface area contributed by atoms with Gasteiger partial charge in [0.05, 0.1) is 0 Å². The first kappa shape index (κ1) is 18.9. The number of fused-ring (bicyclic) bond motifs is 1. The Morgan fingerprint density at radius 1 is 1.23 bits per heavy atom. The van der Waals surface area contributed by atoms with E-state index < -0.39 is 0 Å². The normalized spacial score (nSPS) is 16.9. The monoisotopic (exact) mass is 358 g/mol. The Bertz CT molecular complexity index is 702. The van der Waals surface area contributed by atoms with Gasteiger partial charge in [-0.15, -0.1) is 0 Å². The molecule has 1 saturated carbocycles. The van der Waals surface area contributed by atoms with E-state index in [0.717, 1.165) is 49.1 Å².